The van der Waals surface area contributed by atoms with Crippen molar-refractivity contribution in [3.63, 3.8) is 0 Å². The summed E-state index contributed by atoms with van der Waals surface area (Å²) in [4.78, 5) is 0. The van der Waals surface area contributed by atoms with Crippen LogP contribution >= 0.6 is 0 Å². The van der Waals surface area contributed by atoms with Crippen molar-refractivity contribution in [2.45, 2.75) is 60.0 Å². The Labute approximate surface area is 99.4 Å². The SMILES string of the molecule is CCc1ccc(CNC(CC)C(C)(C)C)o1. The highest BCUT2D eigenvalue weighted by Crippen LogP contribution is 2.22. The minimum Gasteiger partial charge on any atom is -0.465 e. The number of hydrogen-bond acceptors (Lipinski definition) is 2. The van der Waals surface area contributed by atoms with Crippen LogP contribution in [0.5, 0.6) is 0 Å². The molecule has 1 N–H and O–H groups in total. The summed E-state index contributed by atoms with van der Waals surface area (Å²) in [7, 11) is 0. The van der Waals surface area contributed by atoms with Crippen LogP contribution in [0.25, 0.3) is 0 Å². The summed E-state index contributed by atoms with van der Waals surface area (Å²) in [6, 6.07) is 4.67. The minimum atomic E-state index is 0.301. The second-order valence-corrected chi connectivity index (χ2v) is 5.43. The highest BCUT2D eigenvalue weighted by Gasteiger charge is 2.22. The lowest BCUT2D eigenvalue weighted by Gasteiger charge is -2.30. The van der Waals surface area contributed by atoms with Crippen molar-refractivity contribution < 1.29 is 4.42 Å². The molecule has 92 valence electrons. The Bertz CT molecular complexity index is 309. The van der Waals surface area contributed by atoms with Crippen LogP contribution < -0.4 is 5.32 Å². The molecular formula is C14H25NO. The molecule has 0 bridgehead atoms. The molecule has 2 nitrogen and oxygen atoms in total. The van der Waals surface area contributed by atoms with Crippen LogP contribution in [0.15, 0.2) is 16.5 Å². The van der Waals surface area contributed by atoms with Crippen molar-refractivity contribution in [3.8, 4) is 0 Å². The molecule has 0 saturated carbocycles. The fourth-order valence-corrected chi connectivity index (χ4v) is 1.99. The Hall–Kier alpha value is -0.760. The van der Waals surface area contributed by atoms with Crippen molar-refractivity contribution in [3.05, 3.63) is 23.7 Å². The fourth-order valence-electron chi connectivity index (χ4n) is 1.99. The topological polar surface area (TPSA) is 25.2 Å². The van der Waals surface area contributed by atoms with E-state index in [1.807, 2.05) is 0 Å². The maximum atomic E-state index is 5.68. The number of hydrogen-bond donors (Lipinski definition) is 1. The van der Waals surface area contributed by atoms with Crippen molar-refractivity contribution >= 4 is 0 Å². The molecule has 0 aromatic carbocycles. The van der Waals surface area contributed by atoms with E-state index in [9.17, 15) is 0 Å². The molecule has 1 aromatic rings. The van der Waals surface area contributed by atoms with E-state index < -0.39 is 0 Å². The summed E-state index contributed by atoms with van der Waals surface area (Å²) < 4.78 is 5.68. The molecule has 1 atom stereocenters. The average Bonchev–Trinajstić information content (AvgIpc) is 2.64. The van der Waals surface area contributed by atoms with Crippen LogP contribution in [0.4, 0.5) is 0 Å². The second-order valence-electron chi connectivity index (χ2n) is 5.43. The van der Waals surface area contributed by atoms with E-state index in [0.29, 0.717) is 11.5 Å². The first-order chi connectivity index (χ1) is 7.47. The molecule has 0 radical (unpaired) electrons. The first-order valence-electron chi connectivity index (χ1n) is 6.28. The van der Waals surface area contributed by atoms with E-state index >= 15 is 0 Å². The van der Waals surface area contributed by atoms with Gasteiger partial charge in [-0.05, 0) is 24.0 Å². The number of nitrogens with one attached hydrogen (secondary N) is 1. The zero-order valence-electron chi connectivity index (χ0n) is 11.3. The Morgan fingerprint density at radius 1 is 1.19 bits per heavy atom. The van der Waals surface area contributed by atoms with Crippen LogP contribution in [0.3, 0.4) is 0 Å². The third kappa shape index (κ3) is 3.67. The third-order valence-corrected chi connectivity index (χ3v) is 3.04. The highest BCUT2D eigenvalue weighted by molar-refractivity contribution is 5.07. The van der Waals surface area contributed by atoms with Gasteiger partial charge in [-0.1, -0.05) is 34.6 Å². The highest BCUT2D eigenvalue weighted by atomic mass is 16.3. The van der Waals surface area contributed by atoms with Crippen molar-refractivity contribution in [2.75, 3.05) is 0 Å². The van der Waals surface area contributed by atoms with E-state index in [1.54, 1.807) is 0 Å². The van der Waals surface area contributed by atoms with Crippen LogP contribution in [0.1, 0.15) is 52.6 Å². The summed E-state index contributed by atoms with van der Waals surface area (Å²) in [5.74, 6) is 2.11. The van der Waals surface area contributed by atoms with Gasteiger partial charge >= 0.3 is 0 Å². The van der Waals surface area contributed by atoms with Gasteiger partial charge in [0.15, 0.2) is 0 Å². The van der Waals surface area contributed by atoms with Crippen molar-refractivity contribution in [2.24, 2.45) is 5.41 Å². The maximum Gasteiger partial charge on any atom is 0.117 e. The van der Waals surface area contributed by atoms with E-state index in [1.165, 1.54) is 0 Å². The summed E-state index contributed by atoms with van der Waals surface area (Å²) in [5, 5.41) is 3.57. The molecule has 1 heterocycles. The first-order valence-corrected chi connectivity index (χ1v) is 6.28. The summed E-state index contributed by atoms with van der Waals surface area (Å²) >= 11 is 0. The lowest BCUT2D eigenvalue weighted by atomic mass is 9.85. The number of furan rings is 1. The Morgan fingerprint density at radius 2 is 1.81 bits per heavy atom. The van der Waals surface area contributed by atoms with Crippen LogP contribution in [-0.2, 0) is 13.0 Å². The molecule has 16 heavy (non-hydrogen) atoms. The fraction of sp³-hybridized carbons (Fsp3) is 0.714. The number of rotatable bonds is 5. The molecular weight excluding hydrogens is 198 g/mol. The van der Waals surface area contributed by atoms with Crippen molar-refractivity contribution in [1.82, 2.24) is 5.32 Å². The van der Waals surface area contributed by atoms with Gasteiger partial charge in [0.1, 0.15) is 11.5 Å². The van der Waals surface area contributed by atoms with Gasteiger partial charge in [0.25, 0.3) is 0 Å². The van der Waals surface area contributed by atoms with E-state index in [0.717, 1.165) is 30.9 Å². The number of aryl methyl sites for hydroxylation is 1. The zero-order chi connectivity index (χ0) is 12.2. The van der Waals surface area contributed by atoms with Crippen molar-refractivity contribution in [1.29, 1.82) is 0 Å². The summed E-state index contributed by atoms with van der Waals surface area (Å²) in [5.41, 5.74) is 0.301. The molecule has 1 unspecified atom stereocenters. The van der Waals surface area contributed by atoms with Gasteiger partial charge < -0.3 is 9.73 Å². The Kier molecular flexibility index (Phi) is 4.60. The zero-order valence-corrected chi connectivity index (χ0v) is 11.3. The van der Waals surface area contributed by atoms with Gasteiger partial charge in [0, 0.05) is 12.5 Å². The molecule has 1 aromatic heterocycles. The van der Waals surface area contributed by atoms with Gasteiger partial charge in [-0.15, -0.1) is 0 Å². The third-order valence-electron chi connectivity index (χ3n) is 3.04. The minimum absolute atomic E-state index is 0.301. The predicted molar refractivity (Wildman–Crippen MR) is 68.5 cm³/mol. The lowest BCUT2D eigenvalue weighted by Crippen LogP contribution is -2.39. The van der Waals surface area contributed by atoms with E-state index in [2.05, 4.69) is 52.1 Å². The van der Waals surface area contributed by atoms with E-state index in [4.69, 9.17) is 4.42 Å². The molecule has 2 heteroatoms. The quantitative estimate of drug-likeness (QED) is 0.822. The first kappa shape index (κ1) is 13.3. The molecule has 0 aliphatic rings. The van der Waals surface area contributed by atoms with Gasteiger partial charge in [0.2, 0.25) is 0 Å². The summed E-state index contributed by atoms with van der Waals surface area (Å²) in [6.07, 6.45) is 2.11. The lowest BCUT2D eigenvalue weighted by molar-refractivity contribution is 0.253. The van der Waals surface area contributed by atoms with Gasteiger partial charge in [-0.3, -0.25) is 0 Å². The molecule has 0 fully saturated rings. The van der Waals surface area contributed by atoms with Crippen LogP contribution in [0.2, 0.25) is 0 Å². The van der Waals surface area contributed by atoms with Crippen LogP contribution in [-0.4, -0.2) is 6.04 Å². The Balaban J connectivity index is 2.49. The second kappa shape index (κ2) is 5.53. The molecule has 0 aliphatic carbocycles. The predicted octanol–water partition coefficient (Wildman–Crippen LogP) is 3.76. The Morgan fingerprint density at radius 3 is 2.25 bits per heavy atom. The molecule has 0 spiro atoms. The smallest absolute Gasteiger partial charge is 0.117 e. The largest absolute Gasteiger partial charge is 0.465 e. The molecule has 1 rings (SSSR count). The van der Waals surface area contributed by atoms with Gasteiger partial charge in [0.05, 0.1) is 6.54 Å². The maximum absolute atomic E-state index is 5.68. The molecule has 0 amide bonds. The van der Waals surface area contributed by atoms with Gasteiger partial charge in [-0.25, -0.2) is 0 Å². The normalized spacial score (nSPS) is 14.1. The van der Waals surface area contributed by atoms with Crippen LogP contribution in [0, 0.1) is 5.41 Å². The van der Waals surface area contributed by atoms with E-state index in [-0.39, 0.29) is 0 Å². The summed E-state index contributed by atoms with van der Waals surface area (Å²) in [6.45, 7) is 12.0. The standard InChI is InChI=1S/C14H25NO/c1-6-11-8-9-12(16-11)10-15-13(7-2)14(3,4)5/h8-9,13,15H,6-7,10H2,1-5H3. The average molecular weight is 223 g/mol. The molecule has 0 aliphatic heterocycles. The molecule has 0 saturated heterocycles. The monoisotopic (exact) mass is 223 g/mol. The van der Waals surface area contributed by atoms with Gasteiger partial charge in [-0.2, -0.15) is 0 Å².